The Morgan fingerprint density at radius 2 is 2.00 bits per heavy atom. The van der Waals surface area contributed by atoms with Crippen LogP contribution in [0.4, 0.5) is 10.8 Å². The molecule has 0 unspecified atom stereocenters. The van der Waals surface area contributed by atoms with Crippen molar-refractivity contribution in [2.45, 2.75) is 32.2 Å². The van der Waals surface area contributed by atoms with Gasteiger partial charge in [-0.3, -0.25) is 9.69 Å². The first kappa shape index (κ1) is 20.4. The minimum absolute atomic E-state index is 0.159. The summed E-state index contributed by atoms with van der Waals surface area (Å²) in [5.74, 6) is 0.200. The number of nitrogens with zero attached hydrogens (tertiary/aromatic N) is 3. The molecule has 0 spiro atoms. The number of fused-ring (bicyclic) bond motifs is 1. The third kappa shape index (κ3) is 4.64. The van der Waals surface area contributed by atoms with Crippen molar-refractivity contribution in [1.29, 1.82) is 0 Å². The van der Waals surface area contributed by atoms with E-state index in [-0.39, 0.29) is 12.5 Å². The van der Waals surface area contributed by atoms with Gasteiger partial charge in [-0.05, 0) is 43.4 Å². The van der Waals surface area contributed by atoms with Crippen LogP contribution in [0.2, 0.25) is 5.02 Å². The van der Waals surface area contributed by atoms with Gasteiger partial charge in [0, 0.05) is 4.88 Å². The van der Waals surface area contributed by atoms with Crippen LogP contribution in [-0.4, -0.2) is 17.5 Å². The number of ether oxygens (including phenoxy) is 1. The number of hydrogen-bond donors (Lipinski definition) is 0. The summed E-state index contributed by atoms with van der Waals surface area (Å²) >= 11 is 7.78. The summed E-state index contributed by atoms with van der Waals surface area (Å²) in [6, 6.07) is 14.6. The zero-order chi connectivity index (χ0) is 20.9. The van der Waals surface area contributed by atoms with Crippen LogP contribution >= 0.6 is 22.9 Å². The van der Waals surface area contributed by atoms with Crippen LogP contribution in [0.5, 0.6) is 5.75 Å². The van der Waals surface area contributed by atoms with E-state index in [1.54, 1.807) is 28.4 Å². The molecule has 0 aliphatic heterocycles. The number of benzene rings is 2. The van der Waals surface area contributed by atoms with Crippen molar-refractivity contribution in [1.82, 2.24) is 4.98 Å². The van der Waals surface area contributed by atoms with E-state index in [0.29, 0.717) is 28.1 Å². The van der Waals surface area contributed by atoms with E-state index in [0.717, 1.165) is 30.5 Å². The summed E-state index contributed by atoms with van der Waals surface area (Å²) < 4.78 is 5.69. The summed E-state index contributed by atoms with van der Waals surface area (Å²) in [7, 11) is 0. The van der Waals surface area contributed by atoms with Gasteiger partial charge >= 0.3 is 0 Å². The lowest BCUT2D eigenvalue weighted by atomic mass is 10.0. The molecule has 0 bridgehead atoms. The maximum absolute atomic E-state index is 13.1. The lowest BCUT2D eigenvalue weighted by molar-refractivity contribution is -0.120. The van der Waals surface area contributed by atoms with Gasteiger partial charge in [0.1, 0.15) is 5.75 Å². The number of halogens is 1. The third-order valence-corrected chi connectivity index (χ3v) is 6.42. The predicted octanol–water partition coefficient (Wildman–Crippen LogP) is 5.84. The maximum Gasteiger partial charge on any atom is 0.267 e. The predicted molar refractivity (Wildman–Crippen MR) is 120 cm³/mol. The number of hydrogen-bond acceptors (Lipinski definition) is 4. The van der Waals surface area contributed by atoms with Gasteiger partial charge in [-0.15, -0.1) is 11.3 Å². The molecule has 1 aliphatic rings. The van der Waals surface area contributed by atoms with Crippen LogP contribution in [-0.2, 0) is 24.2 Å². The molecule has 0 radical (unpaired) electrons. The third-order valence-electron chi connectivity index (χ3n) is 4.95. The number of rotatable bonds is 6. The van der Waals surface area contributed by atoms with Crippen molar-refractivity contribution in [2.24, 2.45) is 0 Å². The Labute approximate surface area is 184 Å². The molecular formula is C23H20ClN3O2S. The highest BCUT2D eigenvalue weighted by molar-refractivity contribution is 7.15. The van der Waals surface area contributed by atoms with E-state index < -0.39 is 0 Å². The van der Waals surface area contributed by atoms with Crippen LogP contribution in [0.25, 0.3) is 4.85 Å². The fourth-order valence-corrected chi connectivity index (χ4v) is 4.77. The first-order valence-corrected chi connectivity index (χ1v) is 11.0. The van der Waals surface area contributed by atoms with E-state index in [4.69, 9.17) is 27.9 Å². The minimum Gasteiger partial charge on any atom is -0.482 e. The van der Waals surface area contributed by atoms with Gasteiger partial charge in [0.05, 0.1) is 23.8 Å². The fourth-order valence-electron chi connectivity index (χ4n) is 3.38. The fraction of sp³-hybridized carbons (Fsp3) is 0.261. The summed E-state index contributed by atoms with van der Waals surface area (Å²) in [4.78, 5) is 24.2. The van der Waals surface area contributed by atoms with Crippen LogP contribution in [0.15, 0.2) is 48.5 Å². The standard InChI is InChI=1S/C23H20ClN3O2S/c1-25-17-11-12-20(18(24)13-17)29-15-22(28)27(14-16-7-3-2-4-8-16)23-26-19-9-5-6-10-21(19)30-23/h2-4,7-8,11-13H,5-6,9-10,14-15H2. The number of aromatic nitrogens is 1. The van der Waals surface area contributed by atoms with E-state index in [1.807, 2.05) is 30.3 Å². The summed E-state index contributed by atoms with van der Waals surface area (Å²) in [5, 5.41) is 1.03. The SMILES string of the molecule is [C-]#[N+]c1ccc(OCC(=O)N(Cc2ccccc2)c2nc3c(s2)CCCC3)c(Cl)c1. The molecule has 152 valence electrons. The van der Waals surface area contributed by atoms with Gasteiger partial charge in [-0.1, -0.05) is 48.0 Å². The van der Waals surface area contributed by atoms with E-state index >= 15 is 0 Å². The second-order valence-corrected chi connectivity index (χ2v) is 8.52. The smallest absolute Gasteiger partial charge is 0.267 e. The highest BCUT2D eigenvalue weighted by atomic mass is 35.5. The Balaban J connectivity index is 1.55. The Morgan fingerprint density at radius 1 is 1.20 bits per heavy atom. The van der Waals surface area contributed by atoms with Gasteiger partial charge in [-0.2, -0.15) is 0 Å². The molecule has 1 aromatic heterocycles. The first-order valence-electron chi connectivity index (χ1n) is 9.76. The van der Waals surface area contributed by atoms with E-state index in [2.05, 4.69) is 4.85 Å². The number of aryl methyl sites for hydroxylation is 2. The lowest BCUT2D eigenvalue weighted by Gasteiger charge is -2.20. The van der Waals surface area contributed by atoms with Gasteiger partial charge in [0.2, 0.25) is 0 Å². The molecule has 0 atom stereocenters. The van der Waals surface area contributed by atoms with Gasteiger partial charge in [0.25, 0.3) is 5.91 Å². The molecule has 1 heterocycles. The Hall–Kier alpha value is -2.88. The van der Waals surface area contributed by atoms with E-state index in [1.165, 1.54) is 17.4 Å². The Bertz CT molecular complexity index is 1070. The van der Waals surface area contributed by atoms with Crippen LogP contribution < -0.4 is 9.64 Å². The molecule has 3 aromatic rings. The highest BCUT2D eigenvalue weighted by Gasteiger charge is 2.24. The number of amides is 1. The van der Waals surface area contributed by atoms with Gasteiger partial charge in [-0.25, -0.2) is 9.83 Å². The summed E-state index contributed by atoms with van der Waals surface area (Å²) in [5.41, 5.74) is 2.57. The molecule has 4 rings (SSSR count). The van der Waals surface area contributed by atoms with Crippen molar-refractivity contribution < 1.29 is 9.53 Å². The highest BCUT2D eigenvalue weighted by Crippen LogP contribution is 2.33. The maximum atomic E-state index is 13.1. The van der Waals surface area contributed by atoms with Gasteiger partial charge in [0.15, 0.2) is 17.4 Å². The van der Waals surface area contributed by atoms with Crippen LogP contribution in [0.3, 0.4) is 0 Å². The van der Waals surface area contributed by atoms with Crippen molar-refractivity contribution in [3.8, 4) is 5.75 Å². The zero-order valence-corrected chi connectivity index (χ0v) is 17.9. The molecule has 1 aliphatic carbocycles. The van der Waals surface area contributed by atoms with Crippen molar-refractivity contribution in [2.75, 3.05) is 11.5 Å². The molecule has 0 saturated heterocycles. The van der Waals surface area contributed by atoms with Crippen LogP contribution in [0, 0.1) is 6.57 Å². The number of carbonyl (C=O) groups excluding carboxylic acids is 1. The molecule has 0 fully saturated rings. The molecule has 30 heavy (non-hydrogen) atoms. The molecule has 5 nitrogen and oxygen atoms in total. The van der Waals surface area contributed by atoms with Crippen molar-refractivity contribution >= 4 is 39.7 Å². The normalized spacial score (nSPS) is 12.7. The second kappa shape index (κ2) is 9.29. The lowest BCUT2D eigenvalue weighted by Crippen LogP contribution is -2.34. The van der Waals surface area contributed by atoms with Crippen molar-refractivity contribution in [3.63, 3.8) is 0 Å². The largest absolute Gasteiger partial charge is 0.482 e. The number of carbonyl (C=O) groups is 1. The molecular weight excluding hydrogens is 418 g/mol. The molecule has 0 saturated carbocycles. The number of anilines is 1. The topological polar surface area (TPSA) is 46.8 Å². The quantitative estimate of drug-likeness (QED) is 0.455. The second-order valence-electron chi connectivity index (χ2n) is 7.05. The molecule has 2 aromatic carbocycles. The molecule has 7 heteroatoms. The summed E-state index contributed by atoms with van der Waals surface area (Å²) in [6.45, 7) is 7.33. The monoisotopic (exact) mass is 437 g/mol. The molecule has 1 amide bonds. The summed E-state index contributed by atoms with van der Waals surface area (Å²) in [6.07, 6.45) is 4.31. The first-order chi connectivity index (χ1) is 14.6. The van der Waals surface area contributed by atoms with Gasteiger partial charge < -0.3 is 4.74 Å². The molecule has 0 N–H and O–H groups in total. The minimum atomic E-state index is -0.185. The zero-order valence-electron chi connectivity index (χ0n) is 16.3. The van der Waals surface area contributed by atoms with Crippen molar-refractivity contribution in [3.05, 3.63) is 81.1 Å². The number of thiazole rings is 1. The van der Waals surface area contributed by atoms with E-state index in [9.17, 15) is 4.79 Å². The Morgan fingerprint density at radius 3 is 2.73 bits per heavy atom. The Kier molecular flexibility index (Phi) is 6.32. The average Bonchev–Trinajstić information content (AvgIpc) is 3.21. The average molecular weight is 438 g/mol. The van der Waals surface area contributed by atoms with Crippen LogP contribution in [0.1, 0.15) is 29.0 Å².